The monoisotopic (exact) mass is 449 g/mol. The van der Waals surface area contributed by atoms with Gasteiger partial charge in [0, 0.05) is 43.5 Å². The summed E-state index contributed by atoms with van der Waals surface area (Å²) in [5.41, 5.74) is 5.44. The van der Waals surface area contributed by atoms with E-state index in [1.807, 2.05) is 29.0 Å². The Bertz CT molecular complexity index is 1140. The van der Waals surface area contributed by atoms with Crippen molar-refractivity contribution in [3.63, 3.8) is 0 Å². The summed E-state index contributed by atoms with van der Waals surface area (Å²) >= 11 is 0. The highest BCUT2D eigenvalue weighted by atomic mass is 19.1. The second kappa shape index (κ2) is 8.53. The first-order valence-corrected chi connectivity index (χ1v) is 10.9. The SMILES string of the molecule is CN1CCN(CCC2=CCc3c2cccc3-c2ccc(F)nc2)C2(C1)OC(=O)C=CC(=O)O2. The Morgan fingerprint density at radius 1 is 1.06 bits per heavy atom. The number of hydrogen-bond donors (Lipinski definition) is 0. The Labute approximate surface area is 191 Å². The normalized spacial score (nSPS) is 20.2. The van der Waals surface area contributed by atoms with Gasteiger partial charge in [-0.1, -0.05) is 24.3 Å². The number of allylic oxidation sites excluding steroid dienone is 1. The van der Waals surface area contributed by atoms with Crippen LogP contribution in [0.25, 0.3) is 16.7 Å². The fraction of sp³-hybridized carbons (Fsp3) is 0.320. The lowest BCUT2D eigenvalue weighted by Crippen LogP contribution is -2.65. The molecule has 1 fully saturated rings. The van der Waals surface area contributed by atoms with E-state index in [0.717, 1.165) is 41.8 Å². The number of carbonyl (C=O) groups is 2. The molecule has 1 aromatic carbocycles. The van der Waals surface area contributed by atoms with Gasteiger partial charge in [0.1, 0.15) is 0 Å². The number of esters is 2. The number of likely N-dealkylation sites (N-methyl/N-ethyl adjacent to an activating group) is 1. The van der Waals surface area contributed by atoms with Gasteiger partial charge in [0.25, 0.3) is 0 Å². The van der Waals surface area contributed by atoms with Gasteiger partial charge in [-0.15, -0.1) is 0 Å². The summed E-state index contributed by atoms with van der Waals surface area (Å²) in [6.45, 7) is 2.20. The molecule has 3 heterocycles. The third-order valence-corrected chi connectivity index (χ3v) is 6.34. The van der Waals surface area contributed by atoms with Crippen LogP contribution in [-0.2, 0) is 25.5 Å². The number of piperazine rings is 1. The number of fused-ring (bicyclic) bond motifs is 1. The van der Waals surface area contributed by atoms with Crippen molar-refractivity contribution in [3.05, 3.63) is 71.8 Å². The molecular formula is C25H24FN3O4. The van der Waals surface area contributed by atoms with E-state index in [2.05, 4.69) is 17.1 Å². The van der Waals surface area contributed by atoms with Crippen molar-refractivity contribution in [1.82, 2.24) is 14.8 Å². The smallest absolute Gasteiger partial charge is 0.335 e. The fourth-order valence-electron chi connectivity index (χ4n) is 4.74. The zero-order chi connectivity index (χ0) is 23.0. The molecule has 7 nitrogen and oxygen atoms in total. The lowest BCUT2D eigenvalue weighted by Gasteiger charge is -2.46. The lowest BCUT2D eigenvalue weighted by atomic mass is 9.95. The summed E-state index contributed by atoms with van der Waals surface area (Å²) in [6.07, 6.45) is 7.43. The van der Waals surface area contributed by atoms with Crippen LogP contribution in [0, 0.1) is 5.95 Å². The van der Waals surface area contributed by atoms with Gasteiger partial charge in [-0.3, -0.25) is 4.90 Å². The van der Waals surface area contributed by atoms with E-state index >= 15 is 0 Å². The number of ether oxygens (including phenoxy) is 2. The maximum absolute atomic E-state index is 13.3. The van der Waals surface area contributed by atoms with Crippen LogP contribution >= 0.6 is 0 Å². The Hall–Kier alpha value is -3.36. The number of pyridine rings is 1. The molecule has 1 spiro atoms. The summed E-state index contributed by atoms with van der Waals surface area (Å²) in [4.78, 5) is 32.0. The minimum Gasteiger partial charge on any atom is -0.404 e. The average molecular weight is 449 g/mol. The Morgan fingerprint density at radius 2 is 1.82 bits per heavy atom. The zero-order valence-electron chi connectivity index (χ0n) is 18.3. The number of benzene rings is 1. The second-order valence-corrected chi connectivity index (χ2v) is 8.50. The number of rotatable bonds is 4. The molecule has 0 atom stereocenters. The maximum atomic E-state index is 13.3. The molecule has 170 valence electrons. The highest BCUT2D eigenvalue weighted by Gasteiger charge is 2.48. The van der Waals surface area contributed by atoms with Gasteiger partial charge in [-0.2, -0.15) is 4.39 Å². The third kappa shape index (κ3) is 4.19. The molecule has 8 heteroatoms. The summed E-state index contributed by atoms with van der Waals surface area (Å²) in [6, 6.07) is 9.22. The number of hydrogen-bond acceptors (Lipinski definition) is 7. The summed E-state index contributed by atoms with van der Waals surface area (Å²) in [5.74, 6) is -3.12. The molecule has 1 aromatic heterocycles. The number of halogens is 1. The van der Waals surface area contributed by atoms with Crippen LogP contribution < -0.4 is 0 Å². The van der Waals surface area contributed by atoms with Gasteiger partial charge < -0.3 is 9.47 Å². The lowest BCUT2D eigenvalue weighted by molar-refractivity contribution is -0.297. The quantitative estimate of drug-likeness (QED) is 0.525. The minimum atomic E-state index is -1.44. The third-order valence-electron chi connectivity index (χ3n) is 6.34. The number of carbonyl (C=O) groups excluding carboxylic acids is 2. The van der Waals surface area contributed by atoms with E-state index in [-0.39, 0.29) is 6.54 Å². The van der Waals surface area contributed by atoms with Gasteiger partial charge >= 0.3 is 17.8 Å². The molecule has 2 aliphatic heterocycles. The molecule has 33 heavy (non-hydrogen) atoms. The van der Waals surface area contributed by atoms with Crippen LogP contribution in [0.15, 0.2) is 54.8 Å². The molecule has 3 aliphatic rings. The highest BCUT2D eigenvalue weighted by molar-refractivity contribution is 5.93. The first-order chi connectivity index (χ1) is 15.9. The Morgan fingerprint density at radius 3 is 2.55 bits per heavy atom. The maximum Gasteiger partial charge on any atom is 0.335 e. The van der Waals surface area contributed by atoms with Gasteiger partial charge in [-0.05, 0) is 54.3 Å². The molecule has 0 N–H and O–H groups in total. The van der Waals surface area contributed by atoms with Crippen LogP contribution in [0.5, 0.6) is 0 Å². The summed E-state index contributed by atoms with van der Waals surface area (Å²) in [5, 5.41) is 0. The molecule has 0 saturated carbocycles. The van der Waals surface area contributed by atoms with Crippen molar-refractivity contribution in [2.24, 2.45) is 0 Å². The van der Waals surface area contributed by atoms with Crippen molar-refractivity contribution >= 4 is 17.5 Å². The molecule has 1 saturated heterocycles. The molecular weight excluding hydrogens is 425 g/mol. The van der Waals surface area contributed by atoms with Crippen molar-refractivity contribution in [2.45, 2.75) is 18.8 Å². The molecule has 0 amide bonds. The van der Waals surface area contributed by atoms with Crippen LogP contribution in [-0.4, -0.2) is 65.9 Å². The highest BCUT2D eigenvalue weighted by Crippen LogP contribution is 2.37. The van der Waals surface area contributed by atoms with E-state index in [1.54, 1.807) is 12.3 Å². The van der Waals surface area contributed by atoms with Crippen LogP contribution in [0.1, 0.15) is 17.5 Å². The van der Waals surface area contributed by atoms with Gasteiger partial charge in [0.05, 0.1) is 6.54 Å². The van der Waals surface area contributed by atoms with Crippen LogP contribution in [0.2, 0.25) is 0 Å². The van der Waals surface area contributed by atoms with Crippen molar-refractivity contribution in [2.75, 3.05) is 33.2 Å². The standard InChI is InChI=1S/C25H24FN3O4/c1-28-13-14-29(25(16-28)32-23(30)9-10-24(31)33-25)12-11-17-5-7-21-19(17)3-2-4-20(21)18-6-8-22(26)27-15-18/h2-6,8-10,15H,7,11-14,16H2,1H3. The van der Waals surface area contributed by atoms with Gasteiger partial charge in [0.15, 0.2) is 0 Å². The zero-order valence-corrected chi connectivity index (χ0v) is 18.3. The molecule has 2 aromatic rings. The Balaban J connectivity index is 1.36. The first kappa shape index (κ1) is 21.5. The van der Waals surface area contributed by atoms with Crippen LogP contribution in [0.4, 0.5) is 4.39 Å². The molecule has 0 unspecified atom stereocenters. The molecule has 5 rings (SSSR count). The van der Waals surface area contributed by atoms with E-state index in [4.69, 9.17) is 9.47 Å². The second-order valence-electron chi connectivity index (χ2n) is 8.50. The summed E-state index contributed by atoms with van der Waals surface area (Å²) < 4.78 is 24.5. The summed E-state index contributed by atoms with van der Waals surface area (Å²) in [7, 11) is 1.90. The van der Waals surface area contributed by atoms with Crippen molar-refractivity contribution < 1.29 is 23.5 Å². The average Bonchev–Trinajstić information content (AvgIpc) is 3.14. The largest absolute Gasteiger partial charge is 0.404 e. The number of nitrogens with zero attached hydrogens (tertiary/aromatic N) is 3. The molecule has 1 aliphatic carbocycles. The van der Waals surface area contributed by atoms with Gasteiger partial charge in [0.2, 0.25) is 5.95 Å². The van der Waals surface area contributed by atoms with E-state index < -0.39 is 23.8 Å². The van der Waals surface area contributed by atoms with E-state index in [1.165, 1.54) is 17.2 Å². The molecule has 0 bridgehead atoms. The Kier molecular flexibility index (Phi) is 5.55. The first-order valence-electron chi connectivity index (χ1n) is 10.9. The minimum absolute atomic E-state index is 0.281. The van der Waals surface area contributed by atoms with Crippen LogP contribution in [0.3, 0.4) is 0 Å². The predicted molar refractivity (Wildman–Crippen MR) is 119 cm³/mol. The van der Waals surface area contributed by atoms with E-state index in [0.29, 0.717) is 19.5 Å². The van der Waals surface area contributed by atoms with Crippen molar-refractivity contribution in [1.29, 1.82) is 0 Å². The molecule has 0 radical (unpaired) electrons. The van der Waals surface area contributed by atoms with Gasteiger partial charge in [-0.25, -0.2) is 19.5 Å². The van der Waals surface area contributed by atoms with E-state index in [9.17, 15) is 14.0 Å². The van der Waals surface area contributed by atoms with Crippen molar-refractivity contribution in [3.8, 4) is 11.1 Å². The predicted octanol–water partition coefficient (Wildman–Crippen LogP) is 2.77. The topological polar surface area (TPSA) is 72.0 Å². The number of aromatic nitrogens is 1. The fourth-order valence-corrected chi connectivity index (χ4v) is 4.74.